The fourth-order valence-electron chi connectivity index (χ4n) is 3.68. The third kappa shape index (κ3) is 2.88. The molecule has 2 N–H and O–H groups in total. The number of nitrogens with zero attached hydrogens (tertiary/aromatic N) is 1. The van der Waals surface area contributed by atoms with E-state index in [1.807, 2.05) is 19.1 Å². The van der Waals surface area contributed by atoms with Crippen molar-refractivity contribution in [2.45, 2.75) is 51.5 Å². The van der Waals surface area contributed by atoms with Gasteiger partial charge in [-0.1, -0.05) is 43.9 Å². The predicted octanol–water partition coefficient (Wildman–Crippen LogP) is 4.48. The van der Waals surface area contributed by atoms with Gasteiger partial charge in [-0.05, 0) is 31.9 Å². The van der Waals surface area contributed by atoms with E-state index in [2.05, 4.69) is 33.5 Å². The lowest BCUT2D eigenvalue weighted by Crippen LogP contribution is -2.34. The molecule has 4 nitrogen and oxygen atoms in total. The van der Waals surface area contributed by atoms with Crippen molar-refractivity contribution in [2.75, 3.05) is 0 Å². The number of fused-ring (bicyclic) bond motifs is 3. The molecule has 1 aliphatic rings. The number of pyridine rings is 1. The molecule has 2 aromatic heterocycles. The van der Waals surface area contributed by atoms with Gasteiger partial charge in [0.25, 0.3) is 5.91 Å². The number of hydrogen-bond acceptors (Lipinski definition) is 2. The molecular formula is C20H23N3O. The maximum absolute atomic E-state index is 12.6. The summed E-state index contributed by atoms with van der Waals surface area (Å²) in [6, 6.07) is 10.4. The van der Waals surface area contributed by atoms with Crippen LogP contribution in [0.3, 0.4) is 0 Å². The third-order valence-corrected chi connectivity index (χ3v) is 5.02. The number of carbonyl (C=O) groups excluding carboxylic acids is 1. The highest BCUT2D eigenvalue weighted by Crippen LogP contribution is 2.25. The molecule has 0 bridgehead atoms. The number of hydrogen-bond donors (Lipinski definition) is 2. The van der Waals surface area contributed by atoms with E-state index in [0.29, 0.717) is 11.7 Å². The molecule has 3 aromatic rings. The number of carbonyl (C=O) groups is 1. The summed E-state index contributed by atoms with van der Waals surface area (Å²) in [6.45, 7) is 2.03. The van der Waals surface area contributed by atoms with E-state index >= 15 is 0 Å². The van der Waals surface area contributed by atoms with Crippen molar-refractivity contribution in [1.29, 1.82) is 0 Å². The summed E-state index contributed by atoms with van der Waals surface area (Å²) in [5.41, 5.74) is 3.49. The average Bonchev–Trinajstić information content (AvgIpc) is 2.87. The van der Waals surface area contributed by atoms with Gasteiger partial charge in [0.15, 0.2) is 0 Å². The van der Waals surface area contributed by atoms with E-state index in [1.54, 1.807) is 0 Å². The zero-order valence-electron chi connectivity index (χ0n) is 14.1. The molecule has 0 atom stereocenters. The van der Waals surface area contributed by atoms with Gasteiger partial charge in [-0.15, -0.1) is 0 Å². The van der Waals surface area contributed by atoms with Gasteiger partial charge in [0.2, 0.25) is 0 Å². The molecule has 0 spiro atoms. The van der Waals surface area contributed by atoms with Gasteiger partial charge >= 0.3 is 0 Å². The number of H-pyrrole nitrogens is 1. The summed E-state index contributed by atoms with van der Waals surface area (Å²) in [5, 5.41) is 5.31. The van der Waals surface area contributed by atoms with Gasteiger partial charge in [-0.3, -0.25) is 4.79 Å². The second-order valence-electron chi connectivity index (χ2n) is 6.91. The highest BCUT2D eigenvalue weighted by atomic mass is 16.1. The number of nitrogens with one attached hydrogen (secondary N) is 2. The van der Waals surface area contributed by atoms with Crippen LogP contribution in [0.2, 0.25) is 0 Å². The van der Waals surface area contributed by atoms with Gasteiger partial charge in [0.05, 0.1) is 11.0 Å². The van der Waals surface area contributed by atoms with E-state index in [1.165, 1.54) is 25.7 Å². The van der Waals surface area contributed by atoms with E-state index in [4.69, 9.17) is 0 Å². The van der Waals surface area contributed by atoms with Crippen LogP contribution < -0.4 is 5.32 Å². The van der Waals surface area contributed by atoms with E-state index in [-0.39, 0.29) is 5.91 Å². The Morgan fingerprint density at radius 1 is 1.08 bits per heavy atom. The Labute approximate surface area is 141 Å². The van der Waals surface area contributed by atoms with Crippen LogP contribution in [0.4, 0.5) is 0 Å². The summed E-state index contributed by atoms with van der Waals surface area (Å²) in [7, 11) is 0. The van der Waals surface area contributed by atoms with Crippen LogP contribution in [-0.2, 0) is 0 Å². The minimum Gasteiger partial charge on any atom is -0.357 e. The lowest BCUT2D eigenvalue weighted by molar-refractivity contribution is 0.0929. The molecule has 1 saturated carbocycles. The first-order chi connectivity index (χ1) is 11.7. The maximum Gasteiger partial charge on any atom is 0.270 e. The van der Waals surface area contributed by atoms with Crippen LogP contribution in [0.5, 0.6) is 0 Å². The first-order valence-corrected chi connectivity index (χ1v) is 8.91. The SMILES string of the molecule is Cc1ccc2ccc3cc(C(=O)NC4CCCCCC4)nc3c2[nH]1. The normalized spacial score (nSPS) is 16.4. The molecule has 124 valence electrons. The van der Waals surface area contributed by atoms with Gasteiger partial charge in [0.1, 0.15) is 5.69 Å². The first kappa shape index (κ1) is 15.2. The minimum atomic E-state index is -0.0427. The van der Waals surface area contributed by atoms with E-state index in [9.17, 15) is 4.79 Å². The standard InChI is InChI=1S/C20H23N3O/c1-13-8-9-14-10-11-15-12-17(23-19(15)18(14)21-13)20(24)22-16-6-4-2-3-5-7-16/h8-12,16,21H,2-7H2,1H3,(H,22,24). The molecule has 2 heterocycles. The minimum absolute atomic E-state index is 0.0427. The first-order valence-electron chi connectivity index (χ1n) is 8.91. The number of benzene rings is 1. The Morgan fingerprint density at radius 2 is 1.79 bits per heavy atom. The Morgan fingerprint density at radius 3 is 2.58 bits per heavy atom. The highest BCUT2D eigenvalue weighted by Gasteiger charge is 2.18. The largest absolute Gasteiger partial charge is 0.357 e. The van der Waals surface area contributed by atoms with Gasteiger partial charge in [-0.2, -0.15) is 0 Å². The van der Waals surface area contributed by atoms with Crippen LogP contribution in [0.15, 0.2) is 30.3 Å². The molecule has 4 rings (SSSR count). The van der Waals surface area contributed by atoms with E-state index in [0.717, 1.165) is 40.3 Å². The molecule has 0 radical (unpaired) electrons. The van der Waals surface area contributed by atoms with Crippen LogP contribution in [-0.4, -0.2) is 21.9 Å². The Hall–Kier alpha value is -2.36. The van der Waals surface area contributed by atoms with Gasteiger partial charge < -0.3 is 10.3 Å². The van der Waals surface area contributed by atoms with Crippen LogP contribution in [0.1, 0.15) is 54.7 Å². The zero-order valence-corrected chi connectivity index (χ0v) is 14.1. The van der Waals surface area contributed by atoms with Gasteiger partial charge in [0, 0.05) is 22.5 Å². The summed E-state index contributed by atoms with van der Waals surface area (Å²) in [4.78, 5) is 20.6. The molecule has 0 saturated heterocycles. The molecule has 0 aliphatic heterocycles. The highest BCUT2D eigenvalue weighted by molar-refractivity contribution is 6.07. The van der Waals surface area contributed by atoms with Crippen molar-refractivity contribution in [3.8, 4) is 0 Å². The molecule has 1 aliphatic carbocycles. The molecule has 24 heavy (non-hydrogen) atoms. The number of rotatable bonds is 2. The van der Waals surface area contributed by atoms with Crippen LogP contribution in [0.25, 0.3) is 21.8 Å². The van der Waals surface area contributed by atoms with Crippen molar-refractivity contribution in [3.05, 3.63) is 41.7 Å². The summed E-state index contributed by atoms with van der Waals surface area (Å²) in [6.07, 6.45) is 7.16. The lowest BCUT2D eigenvalue weighted by atomic mass is 10.1. The van der Waals surface area contributed by atoms with Crippen molar-refractivity contribution in [1.82, 2.24) is 15.3 Å². The average molecular weight is 321 g/mol. The Kier molecular flexibility index (Phi) is 3.97. The predicted molar refractivity (Wildman–Crippen MR) is 97.3 cm³/mol. The smallest absolute Gasteiger partial charge is 0.270 e. The molecule has 1 aromatic carbocycles. The number of aromatic nitrogens is 2. The Bertz CT molecular complexity index is 888. The summed E-state index contributed by atoms with van der Waals surface area (Å²) in [5.74, 6) is -0.0427. The monoisotopic (exact) mass is 321 g/mol. The molecule has 0 unspecified atom stereocenters. The zero-order chi connectivity index (χ0) is 16.5. The fraction of sp³-hybridized carbons (Fsp3) is 0.400. The summed E-state index contributed by atoms with van der Waals surface area (Å²) >= 11 is 0. The molecule has 4 heteroatoms. The van der Waals surface area contributed by atoms with Crippen molar-refractivity contribution < 1.29 is 4.79 Å². The van der Waals surface area contributed by atoms with Gasteiger partial charge in [-0.25, -0.2) is 4.98 Å². The lowest BCUT2D eigenvalue weighted by Gasteiger charge is -2.15. The summed E-state index contributed by atoms with van der Waals surface area (Å²) < 4.78 is 0. The molecule has 1 amide bonds. The third-order valence-electron chi connectivity index (χ3n) is 5.02. The molecular weight excluding hydrogens is 298 g/mol. The van der Waals surface area contributed by atoms with Crippen molar-refractivity contribution in [3.63, 3.8) is 0 Å². The fourth-order valence-corrected chi connectivity index (χ4v) is 3.68. The number of aromatic amines is 1. The quantitative estimate of drug-likeness (QED) is 0.684. The second-order valence-corrected chi connectivity index (χ2v) is 6.91. The Balaban J connectivity index is 1.65. The van der Waals surface area contributed by atoms with Crippen molar-refractivity contribution in [2.24, 2.45) is 0 Å². The van der Waals surface area contributed by atoms with Crippen LogP contribution >= 0.6 is 0 Å². The second kappa shape index (κ2) is 6.27. The molecule has 1 fully saturated rings. The topological polar surface area (TPSA) is 57.8 Å². The van der Waals surface area contributed by atoms with Crippen molar-refractivity contribution >= 4 is 27.7 Å². The van der Waals surface area contributed by atoms with Crippen LogP contribution in [0, 0.1) is 6.92 Å². The number of amides is 1. The number of aryl methyl sites for hydroxylation is 1. The maximum atomic E-state index is 12.6. The van der Waals surface area contributed by atoms with E-state index < -0.39 is 0 Å².